The summed E-state index contributed by atoms with van der Waals surface area (Å²) in [7, 11) is 1.54. The van der Waals surface area contributed by atoms with Crippen LogP contribution in [0.15, 0.2) is 54.9 Å². The number of aliphatic hydroxyl groups is 1. The Morgan fingerprint density at radius 3 is 2.82 bits per heavy atom. The second-order valence-electron chi connectivity index (χ2n) is 9.46. The molecule has 2 aromatic carbocycles. The van der Waals surface area contributed by atoms with E-state index in [4.69, 9.17) is 20.8 Å². The summed E-state index contributed by atoms with van der Waals surface area (Å²) in [6.07, 6.45) is 2.40. The summed E-state index contributed by atoms with van der Waals surface area (Å²) in [6.45, 7) is 1.62. The number of nitrogens with two attached hydrogens (primary N) is 1. The molecule has 3 heterocycles. The number of para-hydroxylation sites is 1. The Hall–Kier alpha value is -4.53. The van der Waals surface area contributed by atoms with Crippen LogP contribution in [0.4, 0.5) is 5.82 Å². The Morgan fingerprint density at radius 1 is 1.26 bits per heavy atom. The molecule has 2 unspecified atom stereocenters. The summed E-state index contributed by atoms with van der Waals surface area (Å²) in [6, 6.07) is 16.8. The van der Waals surface area contributed by atoms with Crippen LogP contribution >= 0.6 is 0 Å². The number of nitrogens with zero attached hydrogens (tertiary/aromatic N) is 6. The van der Waals surface area contributed by atoms with Crippen LogP contribution in [-0.2, 0) is 6.54 Å². The molecular weight excluding hydrogens is 496 g/mol. The van der Waals surface area contributed by atoms with Crippen molar-refractivity contribution in [2.24, 2.45) is 0 Å². The maximum atomic E-state index is 12.7. The largest absolute Gasteiger partial charge is 0.496 e. The van der Waals surface area contributed by atoms with Gasteiger partial charge in [0.25, 0.3) is 5.91 Å². The van der Waals surface area contributed by atoms with Crippen LogP contribution in [0.5, 0.6) is 5.75 Å². The minimum atomic E-state index is -0.810. The van der Waals surface area contributed by atoms with Crippen LogP contribution in [0, 0.1) is 11.3 Å². The summed E-state index contributed by atoms with van der Waals surface area (Å²) >= 11 is 0. The third-order valence-corrected chi connectivity index (χ3v) is 7.02. The summed E-state index contributed by atoms with van der Waals surface area (Å²) in [5.41, 5.74) is 9.84. The first kappa shape index (κ1) is 26.1. The number of carbonyl (C=O) groups is 1. The Kier molecular flexibility index (Phi) is 7.67. The van der Waals surface area contributed by atoms with Crippen molar-refractivity contribution >= 4 is 22.8 Å². The molecule has 4 aromatic rings. The van der Waals surface area contributed by atoms with E-state index < -0.39 is 6.23 Å². The normalized spacial score (nSPS) is 16.5. The van der Waals surface area contributed by atoms with Crippen molar-refractivity contribution in [3.8, 4) is 23.1 Å². The number of fused-ring (bicyclic) bond motifs is 1. The van der Waals surface area contributed by atoms with Crippen molar-refractivity contribution < 1.29 is 14.6 Å². The highest BCUT2D eigenvalue weighted by atomic mass is 16.5. The molecule has 2 atom stereocenters. The smallest absolute Gasteiger partial charge is 0.255 e. The number of nitrogens with one attached hydrogen (secondary N) is 1. The van der Waals surface area contributed by atoms with Crippen LogP contribution in [-0.4, -0.2) is 62.1 Å². The van der Waals surface area contributed by atoms with Gasteiger partial charge in [0, 0.05) is 25.2 Å². The van der Waals surface area contributed by atoms with E-state index in [1.54, 1.807) is 18.2 Å². The van der Waals surface area contributed by atoms with Gasteiger partial charge in [-0.25, -0.2) is 14.6 Å². The molecule has 11 heteroatoms. The molecule has 1 amide bonds. The second-order valence-corrected chi connectivity index (χ2v) is 9.46. The predicted octanol–water partition coefficient (Wildman–Crippen LogP) is 2.88. The molecule has 1 saturated heterocycles. The van der Waals surface area contributed by atoms with E-state index in [1.165, 1.54) is 13.4 Å². The van der Waals surface area contributed by atoms with Gasteiger partial charge in [-0.05, 0) is 30.5 Å². The number of nitriles is 1. The van der Waals surface area contributed by atoms with Gasteiger partial charge in [0.1, 0.15) is 29.8 Å². The predicted molar refractivity (Wildman–Crippen MR) is 145 cm³/mol. The molecule has 0 bridgehead atoms. The van der Waals surface area contributed by atoms with E-state index in [-0.39, 0.29) is 18.4 Å². The minimum absolute atomic E-state index is 0.0397. The molecular formula is C28H30N8O3. The number of nitrogen functional groups attached to an aromatic ring is 1. The monoisotopic (exact) mass is 526 g/mol. The molecule has 5 rings (SSSR count). The number of rotatable bonds is 8. The quantitative estimate of drug-likeness (QED) is 0.314. The lowest BCUT2D eigenvalue weighted by molar-refractivity contribution is -0.0170. The van der Waals surface area contributed by atoms with Gasteiger partial charge in [-0.15, -0.1) is 0 Å². The third-order valence-electron chi connectivity index (χ3n) is 7.02. The van der Waals surface area contributed by atoms with Gasteiger partial charge < -0.3 is 20.9 Å². The maximum absolute atomic E-state index is 12.7. The van der Waals surface area contributed by atoms with Gasteiger partial charge in [-0.1, -0.05) is 36.4 Å². The highest BCUT2D eigenvalue weighted by Gasteiger charge is 2.29. The second kappa shape index (κ2) is 11.5. The number of amides is 1. The number of aliphatic hydroxyl groups excluding tert-OH is 1. The number of hydrogen-bond donors (Lipinski definition) is 3. The summed E-state index contributed by atoms with van der Waals surface area (Å²) in [5.74, 6) is 0.646. The lowest BCUT2D eigenvalue weighted by atomic mass is 10.1. The molecule has 39 heavy (non-hydrogen) atoms. The van der Waals surface area contributed by atoms with E-state index in [2.05, 4.69) is 15.3 Å². The number of aromatic nitrogens is 4. The fourth-order valence-electron chi connectivity index (χ4n) is 5.01. The Bertz CT molecular complexity index is 1510. The van der Waals surface area contributed by atoms with Crippen LogP contribution < -0.4 is 15.8 Å². The number of piperidine rings is 1. The average molecular weight is 527 g/mol. The molecule has 0 radical (unpaired) electrons. The lowest BCUT2D eigenvalue weighted by Crippen LogP contribution is -2.43. The van der Waals surface area contributed by atoms with Crippen LogP contribution in [0.3, 0.4) is 0 Å². The van der Waals surface area contributed by atoms with Gasteiger partial charge >= 0.3 is 0 Å². The number of methoxy groups -OCH3 is 1. The Balaban J connectivity index is 1.38. The average Bonchev–Trinajstić information content (AvgIpc) is 3.37. The first-order valence-corrected chi connectivity index (χ1v) is 12.8. The van der Waals surface area contributed by atoms with Gasteiger partial charge in [0.2, 0.25) is 0 Å². The number of carbonyl (C=O) groups excluding carboxylic acids is 1. The molecule has 0 spiro atoms. The standard InChI is InChI=1S/C28H30N8O3/c1-39-22-7-3-2-6-21(22)28(38)31-15-18-8-10-19(11-9-18)25-24-26(30)32-17-33-27(24)36(34-25)20-5-4-14-35(16-20)23(37)12-13-29/h2-3,6-11,17,20,23,37H,4-5,12,14-16H2,1H3,(H,31,38)(H2,30,32,33). The zero-order valence-corrected chi connectivity index (χ0v) is 21.6. The molecule has 0 saturated carbocycles. The maximum Gasteiger partial charge on any atom is 0.255 e. The summed E-state index contributed by atoms with van der Waals surface area (Å²) in [5, 5.41) is 27.9. The van der Waals surface area contributed by atoms with E-state index in [0.717, 1.165) is 30.5 Å². The number of ether oxygens (including phenoxy) is 1. The van der Waals surface area contributed by atoms with E-state index in [0.29, 0.717) is 46.9 Å². The molecule has 0 aliphatic carbocycles. The van der Waals surface area contributed by atoms with Crippen molar-refractivity contribution in [1.82, 2.24) is 30.0 Å². The first-order chi connectivity index (χ1) is 19.0. The molecule has 4 N–H and O–H groups in total. The number of likely N-dealkylation sites (tertiary alicyclic amines) is 1. The zero-order valence-electron chi connectivity index (χ0n) is 21.6. The van der Waals surface area contributed by atoms with E-state index >= 15 is 0 Å². The molecule has 2 aromatic heterocycles. The van der Waals surface area contributed by atoms with Crippen molar-refractivity contribution in [2.75, 3.05) is 25.9 Å². The van der Waals surface area contributed by atoms with Crippen molar-refractivity contribution in [3.05, 3.63) is 66.0 Å². The fraction of sp³-hybridized carbons (Fsp3) is 0.321. The highest BCUT2D eigenvalue weighted by molar-refractivity contribution is 5.98. The van der Waals surface area contributed by atoms with Gasteiger partial charge in [0.05, 0.1) is 36.6 Å². The molecule has 1 fully saturated rings. The third kappa shape index (κ3) is 5.38. The lowest BCUT2D eigenvalue weighted by Gasteiger charge is -2.35. The van der Waals surface area contributed by atoms with Gasteiger partial charge in [-0.3, -0.25) is 9.69 Å². The van der Waals surface area contributed by atoms with Crippen LogP contribution in [0.2, 0.25) is 0 Å². The van der Waals surface area contributed by atoms with Crippen molar-refractivity contribution in [1.29, 1.82) is 5.26 Å². The van der Waals surface area contributed by atoms with Crippen molar-refractivity contribution in [2.45, 2.75) is 38.1 Å². The molecule has 1 aliphatic heterocycles. The fourth-order valence-corrected chi connectivity index (χ4v) is 5.01. The number of benzene rings is 2. The molecule has 1 aliphatic rings. The highest BCUT2D eigenvalue weighted by Crippen LogP contribution is 2.34. The van der Waals surface area contributed by atoms with Crippen LogP contribution in [0.25, 0.3) is 22.3 Å². The topological polar surface area (TPSA) is 155 Å². The Labute approximate surface area is 225 Å². The van der Waals surface area contributed by atoms with Gasteiger partial charge in [0.15, 0.2) is 5.65 Å². The van der Waals surface area contributed by atoms with Gasteiger partial charge in [-0.2, -0.15) is 10.4 Å². The zero-order chi connectivity index (χ0) is 27.4. The first-order valence-electron chi connectivity index (χ1n) is 12.8. The number of anilines is 1. The van der Waals surface area contributed by atoms with Crippen molar-refractivity contribution in [3.63, 3.8) is 0 Å². The SMILES string of the molecule is COc1ccccc1C(=O)NCc1ccc(-c2nn(C3CCCN(C(O)CC#N)C3)c3ncnc(N)c23)cc1. The molecule has 11 nitrogen and oxygen atoms in total. The summed E-state index contributed by atoms with van der Waals surface area (Å²) < 4.78 is 7.15. The minimum Gasteiger partial charge on any atom is -0.496 e. The van der Waals surface area contributed by atoms with E-state index in [1.807, 2.05) is 46.0 Å². The molecule has 200 valence electrons. The number of hydrogen-bond acceptors (Lipinski definition) is 9. The Morgan fingerprint density at radius 2 is 2.05 bits per heavy atom. The van der Waals surface area contributed by atoms with Crippen LogP contribution in [0.1, 0.15) is 41.2 Å². The summed E-state index contributed by atoms with van der Waals surface area (Å²) in [4.78, 5) is 23.3. The van der Waals surface area contributed by atoms with E-state index in [9.17, 15) is 9.90 Å².